The number of anilines is 2. The summed E-state index contributed by atoms with van der Waals surface area (Å²) in [5, 5.41) is 2.94. The molecular formula is C21H24N2O3. The lowest BCUT2D eigenvalue weighted by molar-refractivity contribution is -0.122. The number of hydrogen-bond acceptors (Lipinski definition) is 3. The Balaban J connectivity index is 1.76. The highest BCUT2D eigenvalue weighted by Crippen LogP contribution is 2.34. The van der Waals surface area contributed by atoms with Crippen molar-refractivity contribution in [3.05, 3.63) is 53.1 Å². The Morgan fingerprint density at radius 1 is 1.12 bits per heavy atom. The van der Waals surface area contributed by atoms with Gasteiger partial charge in [-0.2, -0.15) is 0 Å². The Kier molecular flexibility index (Phi) is 4.98. The van der Waals surface area contributed by atoms with Crippen molar-refractivity contribution >= 4 is 23.2 Å². The molecule has 1 atom stereocenters. The smallest absolute Gasteiger partial charge is 0.229 e. The predicted octanol–water partition coefficient (Wildman–Crippen LogP) is 3.61. The number of nitrogens with zero attached hydrogens (tertiary/aromatic N) is 1. The maximum atomic E-state index is 12.6. The fourth-order valence-corrected chi connectivity index (χ4v) is 3.19. The van der Waals surface area contributed by atoms with E-state index in [-0.39, 0.29) is 24.2 Å². The minimum absolute atomic E-state index is 0.0610. The number of benzene rings is 2. The topological polar surface area (TPSA) is 58.6 Å². The Hall–Kier alpha value is -2.82. The summed E-state index contributed by atoms with van der Waals surface area (Å²) < 4.78 is 5.38. The first-order valence-corrected chi connectivity index (χ1v) is 8.72. The van der Waals surface area contributed by atoms with Crippen LogP contribution in [0.3, 0.4) is 0 Å². The highest BCUT2D eigenvalue weighted by Gasteiger charge is 2.36. The molecule has 0 bridgehead atoms. The second-order valence-electron chi connectivity index (χ2n) is 6.87. The number of aryl methyl sites for hydroxylation is 3. The van der Waals surface area contributed by atoms with E-state index < -0.39 is 0 Å². The van der Waals surface area contributed by atoms with Gasteiger partial charge in [0.05, 0.1) is 18.7 Å². The van der Waals surface area contributed by atoms with Crippen molar-refractivity contribution in [2.45, 2.75) is 27.2 Å². The number of carbonyl (C=O) groups is 2. The van der Waals surface area contributed by atoms with Crippen molar-refractivity contribution < 1.29 is 14.3 Å². The van der Waals surface area contributed by atoms with E-state index in [4.69, 9.17) is 4.74 Å². The monoisotopic (exact) mass is 352 g/mol. The van der Waals surface area contributed by atoms with Gasteiger partial charge in [-0.25, -0.2) is 0 Å². The summed E-state index contributed by atoms with van der Waals surface area (Å²) in [6.45, 7) is 6.36. The van der Waals surface area contributed by atoms with Gasteiger partial charge >= 0.3 is 0 Å². The van der Waals surface area contributed by atoms with Crippen molar-refractivity contribution in [2.75, 3.05) is 23.9 Å². The Morgan fingerprint density at radius 3 is 2.58 bits per heavy atom. The first-order chi connectivity index (χ1) is 12.4. The summed E-state index contributed by atoms with van der Waals surface area (Å²) in [5.74, 6) is 0.0679. The molecule has 2 amide bonds. The Labute approximate surface area is 154 Å². The molecule has 1 fully saturated rings. The van der Waals surface area contributed by atoms with Crippen molar-refractivity contribution in [2.24, 2.45) is 5.92 Å². The molecule has 2 aromatic carbocycles. The summed E-state index contributed by atoms with van der Waals surface area (Å²) >= 11 is 0. The van der Waals surface area contributed by atoms with Crippen LogP contribution in [0.1, 0.15) is 23.1 Å². The zero-order chi connectivity index (χ0) is 18.8. The maximum absolute atomic E-state index is 12.6. The first-order valence-electron chi connectivity index (χ1n) is 8.72. The van der Waals surface area contributed by atoms with Gasteiger partial charge in [-0.3, -0.25) is 9.59 Å². The predicted molar refractivity (Wildman–Crippen MR) is 103 cm³/mol. The molecule has 0 aromatic heterocycles. The molecule has 1 aliphatic heterocycles. The van der Waals surface area contributed by atoms with Crippen molar-refractivity contribution in [1.29, 1.82) is 0 Å². The molecule has 1 N–H and O–H groups in total. The molecule has 0 radical (unpaired) electrons. The summed E-state index contributed by atoms with van der Waals surface area (Å²) in [4.78, 5) is 26.8. The van der Waals surface area contributed by atoms with Crippen LogP contribution >= 0.6 is 0 Å². The van der Waals surface area contributed by atoms with Gasteiger partial charge in [-0.15, -0.1) is 0 Å². The molecule has 1 saturated heterocycles. The zero-order valence-electron chi connectivity index (χ0n) is 15.6. The fourth-order valence-electron chi connectivity index (χ4n) is 3.19. The molecular weight excluding hydrogens is 328 g/mol. The first kappa shape index (κ1) is 18.0. The molecule has 3 rings (SSSR count). The van der Waals surface area contributed by atoms with Crippen LogP contribution in [0.4, 0.5) is 11.4 Å². The third-order valence-corrected chi connectivity index (χ3v) is 4.90. The molecule has 2 aromatic rings. The number of amides is 2. The Morgan fingerprint density at radius 2 is 1.88 bits per heavy atom. The fraction of sp³-hybridized carbons (Fsp3) is 0.333. The van der Waals surface area contributed by atoms with Crippen LogP contribution in [-0.4, -0.2) is 25.5 Å². The molecule has 136 valence electrons. The third-order valence-electron chi connectivity index (χ3n) is 4.90. The second-order valence-corrected chi connectivity index (χ2v) is 6.87. The van der Waals surface area contributed by atoms with Gasteiger partial charge in [0.15, 0.2) is 0 Å². The van der Waals surface area contributed by atoms with E-state index in [2.05, 4.69) is 5.32 Å². The van der Waals surface area contributed by atoms with Crippen LogP contribution in [0, 0.1) is 26.7 Å². The number of ether oxygens (including phenoxy) is 1. The van der Waals surface area contributed by atoms with Gasteiger partial charge in [0, 0.05) is 18.7 Å². The van der Waals surface area contributed by atoms with E-state index in [1.165, 1.54) is 5.56 Å². The number of nitrogens with one attached hydrogen (secondary N) is 1. The van der Waals surface area contributed by atoms with Crippen LogP contribution in [0.2, 0.25) is 0 Å². The van der Waals surface area contributed by atoms with E-state index in [1.54, 1.807) is 12.0 Å². The van der Waals surface area contributed by atoms with E-state index in [0.29, 0.717) is 12.3 Å². The summed E-state index contributed by atoms with van der Waals surface area (Å²) in [6.07, 6.45) is 0.202. The van der Waals surface area contributed by atoms with E-state index >= 15 is 0 Å². The number of methoxy groups -OCH3 is 1. The molecule has 26 heavy (non-hydrogen) atoms. The van der Waals surface area contributed by atoms with E-state index in [1.807, 2.05) is 57.2 Å². The quantitative estimate of drug-likeness (QED) is 0.914. The molecule has 0 saturated carbocycles. The molecule has 5 nitrogen and oxygen atoms in total. The maximum Gasteiger partial charge on any atom is 0.229 e. The molecule has 1 heterocycles. The van der Waals surface area contributed by atoms with Gasteiger partial charge in [0.2, 0.25) is 11.8 Å². The molecule has 0 aliphatic carbocycles. The minimum Gasteiger partial charge on any atom is -0.495 e. The summed E-state index contributed by atoms with van der Waals surface area (Å²) in [5.41, 5.74) is 4.82. The zero-order valence-corrected chi connectivity index (χ0v) is 15.6. The lowest BCUT2D eigenvalue weighted by Crippen LogP contribution is -2.28. The second kappa shape index (κ2) is 7.20. The van der Waals surface area contributed by atoms with Gasteiger partial charge in [-0.1, -0.05) is 12.1 Å². The van der Waals surface area contributed by atoms with Gasteiger partial charge in [-0.05, 0) is 61.7 Å². The average Bonchev–Trinajstić information content (AvgIpc) is 3.00. The molecule has 0 spiro atoms. The van der Waals surface area contributed by atoms with Crippen LogP contribution < -0.4 is 15.0 Å². The normalized spacial score (nSPS) is 16.7. The lowest BCUT2D eigenvalue weighted by Gasteiger charge is -2.20. The highest BCUT2D eigenvalue weighted by molar-refractivity contribution is 6.04. The van der Waals surface area contributed by atoms with Crippen LogP contribution in [0.5, 0.6) is 5.75 Å². The number of hydrogen-bond donors (Lipinski definition) is 1. The highest BCUT2D eigenvalue weighted by atomic mass is 16.5. The van der Waals surface area contributed by atoms with Gasteiger partial charge < -0.3 is 15.0 Å². The molecule has 5 heteroatoms. The standard InChI is InChI=1S/C21H24N2O3/c1-13-5-8-19(26-4)18(9-13)23-12-16(11-20(23)24)21(25)22-17-7-6-14(2)15(3)10-17/h5-10,16H,11-12H2,1-4H3,(H,22,25). The number of rotatable bonds is 4. The minimum atomic E-state index is -0.380. The van der Waals surface area contributed by atoms with Crippen molar-refractivity contribution in [3.8, 4) is 5.75 Å². The molecule has 1 aliphatic rings. The van der Waals surface area contributed by atoms with Gasteiger partial charge in [0.1, 0.15) is 5.75 Å². The van der Waals surface area contributed by atoms with Crippen LogP contribution in [0.15, 0.2) is 36.4 Å². The van der Waals surface area contributed by atoms with Crippen molar-refractivity contribution in [3.63, 3.8) is 0 Å². The SMILES string of the molecule is COc1ccc(C)cc1N1CC(C(=O)Nc2ccc(C)c(C)c2)CC1=O. The largest absolute Gasteiger partial charge is 0.495 e. The van der Waals surface area contributed by atoms with E-state index in [9.17, 15) is 9.59 Å². The lowest BCUT2D eigenvalue weighted by atomic mass is 10.1. The number of carbonyl (C=O) groups excluding carboxylic acids is 2. The average molecular weight is 352 g/mol. The Bertz CT molecular complexity index is 860. The third kappa shape index (κ3) is 3.57. The summed E-state index contributed by atoms with van der Waals surface area (Å²) in [6, 6.07) is 11.5. The molecule has 1 unspecified atom stereocenters. The van der Waals surface area contributed by atoms with Gasteiger partial charge in [0.25, 0.3) is 0 Å². The van der Waals surface area contributed by atoms with E-state index in [0.717, 1.165) is 22.5 Å². The van der Waals surface area contributed by atoms with Crippen molar-refractivity contribution in [1.82, 2.24) is 0 Å². The van der Waals surface area contributed by atoms with Crippen LogP contribution in [-0.2, 0) is 9.59 Å². The van der Waals surface area contributed by atoms with Crippen LogP contribution in [0.25, 0.3) is 0 Å². The summed E-state index contributed by atoms with van der Waals surface area (Å²) in [7, 11) is 1.58.